The largest absolute Gasteiger partial charge is 0.486 e. The number of para-hydroxylation sites is 4. The van der Waals surface area contributed by atoms with E-state index < -0.39 is 0 Å². The number of carbonyl (C=O) groups is 2. The molecule has 4 N–H and O–H groups in total. The molecule has 288 valence electrons. The van der Waals surface area contributed by atoms with Gasteiger partial charge in [-0.1, -0.05) is 37.1 Å². The molecule has 4 aliphatic rings. The molecule has 2 aliphatic carbocycles. The summed E-state index contributed by atoms with van der Waals surface area (Å²) in [7, 11) is 0. The molecule has 12 heteroatoms. The molecule has 2 fully saturated rings. The first-order valence-electron chi connectivity index (χ1n) is 19.8. The van der Waals surface area contributed by atoms with E-state index >= 15 is 0 Å². The molecule has 2 aromatic heterocycles. The number of fused-ring (bicyclic) bond motifs is 4. The molecule has 6 aromatic rings. The van der Waals surface area contributed by atoms with Crippen molar-refractivity contribution in [2.45, 2.75) is 75.3 Å². The third kappa shape index (κ3) is 7.87. The van der Waals surface area contributed by atoms with Crippen LogP contribution in [0.15, 0.2) is 84.9 Å². The first-order valence-corrected chi connectivity index (χ1v) is 19.8. The van der Waals surface area contributed by atoms with E-state index in [1.54, 1.807) is 24.3 Å². The summed E-state index contributed by atoms with van der Waals surface area (Å²) in [4.78, 5) is 41.9. The van der Waals surface area contributed by atoms with Crippen molar-refractivity contribution in [2.24, 2.45) is 0 Å². The molecular weight excluding hydrogens is 709 g/mol. The van der Waals surface area contributed by atoms with Gasteiger partial charge < -0.3 is 39.5 Å². The van der Waals surface area contributed by atoms with Gasteiger partial charge in [0.1, 0.15) is 38.1 Å². The fourth-order valence-electron chi connectivity index (χ4n) is 8.38. The molecule has 0 spiro atoms. The lowest BCUT2D eigenvalue weighted by Gasteiger charge is -2.29. The molecular formula is C44H46N6O6. The molecule has 0 radical (unpaired) electrons. The molecule has 0 unspecified atom stereocenters. The molecule has 10 rings (SSSR count). The number of benzene rings is 4. The van der Waals surface area contributed by atoms with Crippen molar-refractivity contribution in [3.8, 4) is 23.0 Å². The molecule has 0 bridgehead atoms. The van der Waals surface area contributed by atoms with Gasteiger partial charge in [0.05, 0.1) is 22.1 Å². The molecule has 0 saturated heterocycles. The highest BCUT2D eigenvalue weighted by Crippen LogP contribution is 2.36. The summed E-state index contributed by atoms with van der Waals surface area (Å²) in [6.45, 7) is 2.12. The zero-order valence-corrected chi connectivity index (χ0v) is 31.2. The van der Waals surface area contributed by atoms with Crippen LogP contribution in [0, 0.1) is 0 Å². The lowest BCUT2D eigenvalue weighted by molar-refractivity contribution is 0.0915. The normalized spacial score (nSPS) is 21.4. The summed E-state index contributed by atoms with van der Waals surface area (Å²) in [6, 6.07) is 27.2. The average Bonchev–Trinajstić information content (AvgIpc) is 3.89. The van der Waals surface area contributed by atoms with Crippen LogP contribution in [0.3, 0.4) is 0 Å². The second-order valence-electron chi connectivity index (χ2n) is 15.1. The lowest BCUT2D eigenvalue weighted by atomic mass is 9.85. The van der Waals surface area contributed by atoms with Crippen LogP contribution < -0.4 is 29.6 Å². The predicted molar refractivity (Wildman–Crippen MR) is 212 cm³/mol. The van der Waals surface area contributed by atoms with E-state index in [-0.39, 0.29) is 23.9 Å². The fraction of sp³-hybridized carbons (Fsp3) is 0.364. The first kappa shape index (κ1) is 35.6. The van der Waals surface area contributed by atoms with Crippen LogP contribution in [0.1, 0.15) is 95.6 Å². The van der Waals surface area contributed by atoms with Crippen LogP contribution in [-0.2, 0) is 0 Å². The van der Waals surface area contributed by atoms with Gasteiger partial charge in [-0.25, -0.2) is 9.97 Å². The number of hydrogen-bond donors (Lipinski definition) is 4. The maximum Gasteiger partial charge on any atom is 0.251 e. The molecule has 12 nitrogen and oxygen atoms in total. The first-order chi connectivity index (χ1) is 27.5. The molecule has 4 atom stereocenters. The number of aromatic amines is 2. The number of carbonyl (C=O) groups excluding carboxylic acids is 2. The highest BCUT2D eigenvalue weighted by Gasteiger charge is 2.29. The molecule has 4 heterocycles. The quantitative estimate of drug-likeness (QED) is 0.136. The van der Waals surface area contributed by atoms with Gasteiger partial charge in [-0.3, -0.25) is 9.59 Å². The van der Waals surface area contributed by atoms with E-state index in [1.807, 2.05) is 48.5 Å². The van der Waals surface area contributed by atoms with Crippen molar-refractivity contribution in [1.82, 2.24) is 30.6 Å². The maximum absolute atomic E-state index is 12.8. The Kier molecular flexibility index (Phi) is 10.2. The minimum Gasteiger partial charge on any atom is -0.486 e. The Morgan fingerprint density at radius 3 is 1.41 bits per heavy atom. The lowest BCUT2D eigenvalue weighted by Crippen LogP contribution is -2.38. The number of H-pyrrole nitrogens is 2. The Morgan fingerprint density at radius 2 is 0.964 bits per heavy atom. The van der Waals surface area contributed by atoms with E-state index in [4.69, 9.17) is 28.9 Å². The van der Waals surface area contributed by atoms with Crippen LogP contribution in [0.2, 0.25) is 0 Å². The summed E-state index contributed by atoms with van der Waals surface area (Å²) < 4.78 is 22.2. The fourth-order valence-corrected chi connectivity index (χ4v) is 8.38. The molecule has 4 aromatic carbocycles. The molecule has 2 aliphatic heterocycles. The second kappa shape index (κ2) is 16.0. The number of amides is 2. The van der Waals surface area contributed by atoms with E-state index in [1.165, 1.54) is 0 Å². The number of nitrogens with zero attached hydrogens (tertiary/aromatic N) is 2. The van der Waals surface area contributed by atoms with Crippen LogP contribution in [0.25, 0.3) is 22.1 Å². The Morgan fingerprint density at radius 1 is 0.536 bits per heavy atom. The highest BCUT2D eigenvalue weighted by atomic mass is 16.6. The number of imidazole rings is 2. The number of aromatic nitrogens is 4. The van der Waals surface area contributed by atoms with Crippen LogP contribution in [0.5, 0.6) is 23.0 Å². The summed E-state index contributed by atoms with van der Waals surface area (Å²) in [6.07, 6.45) is 8.13. The topological polar surface area (TPSA) is 152 Å². The van der Waals surface area contributed by atoms with Crippen molar-refractivity contribution in [3.05, 3.63) is 108 Å². The summed E-state index contributed by atoms with van der Waals surface area (Å²) in [5, 5.41) is 6.40. The summed E-state index contributed by atoms with van der Waals surface area (Å²) in [5.74, 6) is 5.29. The van der Waals surface area contributed by atoms with Crippen molar-refractivity contribution in [3.63, 3.8) is 0 Å². The Hall–Kier alpha value is -6.04. The smallest absolute Gasteiger partial charge is 0.251 e. The Labute approximate surface area is 324 Å². The minimum absolute atomic E-state index is 0.0628. The van der Waals surface area contributed by atoms with Crippen LogP contribution >= 0.6 is 0 Å². The molecule has 2 saturated carbocycles. The summed E-state index contributed by atoms with van der Waals surface area (Å²) >= 11 is 0. The SMILES string of the molecule is O=C(N[C@@H]1CCC[C@H](c2nc3ccccc3[nH]2)C1)c1ccc2c(c1)OCCO2.O=C(N[C@H]1CCC[C@@H](c2nc3ccccc3[nH]2)C1)c1ccc2c(c1)OCCO2. The van der Waals surface area contributed by atoms with Gasteiger partial charge in [0.2, 0.25) is 0 Å². The van der Waals surface area contributed by atoms with Gasteiger partial charge in [-0.2, -0.15) is 0 Å². The van der Waals surface area contributed by atoms with E-state index in [9.17, 15) is 9.59 Å². The zero-order chi connectivity index (χ0) is 37.8. The van der Waals surface area contributed by atoms with Crippen LogP contribution in [0.4, 0.5) is 0 Å². The van der Waals surface area contributed by atoms with Crippen LogP contribution in [-0.4, -0.2) is 70.3 Å². The van der Waals surface area contributed by atoms with E-state index in [0.717, 1.165) is 85.1 Å². The zero-order valence-electron chi connectivity index (χ0n) is 31.2. The van der Waals surface area contributed by atoms with Crippen molar-refractivity contribution in [2.75, 3.05) is 26.4 Å². The third-order valence-electron chi connectivity index (χ3n) is 11.2. The van der Waals surface area contributed by atoms with E-state index in [0.29, 0.717) is 72.4 Å². The van der Waals surface area contributed by atoms with Gasteiger partial charge in [-0.05, 0) is 99.2 Å². The van der Waals surface area contributed by atoms with Crippen molar-refractivity contribution in [1.29, 1.82) is 0 Å². The standard InChI is InChI=1S/2C22H23N3O3/c2*26-22(15-8-9-19-20(13-15)28-11-10-27-19)23-16-5-3-4-14(12-16)21-24-17-6-1-2-7-18(17)25-21/h2*1-2,6-9,13-14,16H,3-5,10-12H2,(H,23,26)(H,24,25)/t2*14-,16+/m10/s1. The van der Waals surface area contributed by atoms with Gasteiger partial charge in [0, 0.05) is 35.0 Å². The summed E-state index contributed by atoms with van der Waals surface area (Å²) in [5.41, 5.74) is 5.35. The van der Waals surface area contributed by atoms with E-state index in [2.05, 4.69) is 32.7 Å². The minimum atomic E-state index is -0.0628. The van der Waals surface area contributed by atoms with Gasteiger partial charge in [0.25, 0.3) is 11.8 Å². The predicted octanol–water partition coefficient (Wildman–Crippen LogP) is 7.58. The maximum atomic E-state index is 12.8. The molecule has 56 heavy (non-hydrogen) atoms. The second-order valence-corrected chi connectivity index (χ2v) is 15.1. The number of ether oxygens (including phenoxy) is 4. The third-order valence-corrected chi connectivity index (χ3v) is 11.2. The number of nitrogens with one attached hydrogen (secondary N) is 4. The number of hydrogen-bond acceptors (Lipinski definition) is 8. The monoisotopic (exact) mass is 754 g/mol. The highest BCUT2D eigenvalue weighted by molar-refractivity contribution is 5.95. The molecule has 2 amide bonds. The Bertz CT molecular complexity index is 2120. The van der Waals surface area contributed by atoms with Gasteiger partial charge >= 0.3 is 0 Å². The Balaban J connectivity index is 0.000000146. The number of rotatable bonds is 6. The average molecular weight is 755 g/mol. The van der Waals surface area contributed by atoms with Crippen molar-refractivity contribution < 1.29 is 28.5 Å². The van der Waals surface area contributed by atoms with Gasteiger partial charge in [0.15, 0.2) is 23.0 Å². The van der Waals surface area contributed by atoms with Crippen molar-refractivity contribution >= 4 is 33.9 Å². The van der Waals surface area contributed by atoms with Gasteiger partial charge in [-0.15, -0.1) is 0 Å².